The van der Waals surface area contributed by atoms with Gasteiger partial charge in [-0.15, -0.1) is 0 Å². The number of carbonyl (C=O) groups excluding carboxylic acids is 3. The maximum absolute atomic E-state index is 12.4. The van der Waals surface area contributed by atoms with E-state index in [0.717, 1.165) is 31.4 Å². The molecule has 3 N–H and O–H groups in total. The molecule has 2 atom stereocenters. The van der Waals surface area contributed by atoms with Crippen molar-refractivity contribution in [3.8, 4) is 0 Å². The molecule has 0 aromatic carbocycles. The Balaban J connectivity index is 1.51. The molecule has 3 amide bonds. The fourth-order valence-electron chi connectivity index (χ4n) is 3.48. The van der Waals surface area contributed by atoms with Crippen LogP contribution in [0.4, 0.5) is 0 Å². The maximum atomic E-state index is 12.4. The van der Waals surface area contributed by atoms with Gasteiger partial charge in [0, 0.05) is 30.7 Å². The molecule has 1 aromatic rings. The number of aromatic nitrogens is 2. The van der Waals surface area contributed by atoms with E-state index in [1.165, 1.54) is 11.1 Å². The number of likely N-dealkylation sites (N-methyl/N-ethyl adjacent to an activating group) is 1. The van der Waals surface area contributed by atoms with E-state index in [9.17, 15) is 14.4 Å². The Morgan fingerprint density at radius 2 is 1.92 bits per heavy atom. The summed E-state index contributed by atoms with van der Waals surface area (Å²) >= 11 is 0. The summed E-state index contributed by atoms with van der Waals surface area (Å²) in [5.41, 5.74) is 1.05. The van der Waals surface area contributed by atoms with Crippen molar-refractivity contribution in [2.45, 2.75) is 64.1 Å². The number of hydrogen-bond donors (Lipinski definition) is 3. The summed E-state index contributed by atoms with van der Waals surface area (Å²) in [4.78, 5) is 36.2. The summed E-state index contributed by atoms with van der Waals surface area (Å²) in [6, 6.07) is 2.01. The molecule has 26 heavy (non-hydrogen) atoms. The molecule has 2 aliphatic rings. The van der Waals surface area contributed by atoms with E-state index < -0.39 is 0 Å². The van der Waals surface area contributed by atoms with Crippen LogP contribution in [0.15, 0.2) is 6.07 Å². The average molecular weight is 361 g/mol. The number of rotatable bonds is 6. The zero-order valence-corrected chi connectivity index (χ0v) is 15.4. The molecule has 0 saturated heterocycles. The number of aryl methyl sites for hydroxylation is 1. The minimum absolute atomic E-state index is 0.0102. The van der Waals surface area contributed by atoms with Crippen molar-refractivity contribution in [1.29, 1.82) is 0 Å². The lowest BCUT2D eigenvalue weighted by Crippen LogP contribution is -2.42. The lowest BCUT2D eigenvalue weighted by molar-refractivity contribution is -0.126. The summed E-state index contributed by atoms with van der Waals surface area (Å²) in [6.45, 7) is 1.89. The summed E-state index contributed by atoms with van der Waals surface area (Å²) in [5.74, 6) is -0.321. The van der Waals surface area contributed by atoms with Crippen molar-refractivity contribution >= 4 is 17.7 Å². The van der Waals surface area contributed by atoms with E-state index in [1.807, 2.05) is 6.92 Å². The van der Waals surface area contributed by atoms with Gasteiger partial charge in [0.2, 0.25) is 11.8 Å². The number of nitrogens with zero attached hydrogens (tertiary/aromatic N) is 2. The molecule has 1 aromatic heterocycles. The highest BCUT2D eigenvalue weighted by molar-refractivity contribution is 5.92. The molecule has 3 rings (SSSR count). The summed E-state index contributed by atoms with van der Waals surface area (Å²) in [5, 5.41) is 12.8. The van der Waals surface area contributed by atoms with Gasteiger partial charge in [-0.05, 0) is 51.5 Å². The van der Waals surface area contributed by atoms with E-state index >= 15 is 0 Å². The van der Waals surface area contributed by atoms with Gasteiger partial charge < -0.3 is 16.0 Å². The second kappa shape index (κ2) is 7.88. The standard InChI is InChI=1S/C18H27N5O3/c1-11-8-15(22-23(11)10-16(24)19-2)18(26)21-14-7-6-12(9-14)17(25)20-13-4-3-5-13/h8,12-14H,3-7,9-10H2,1-2H3,(H,19,24)(H,20,25)(H,21,26)/t12-,14+/m0/s1. The molecule has 1 heterocycles. The van der Waals surface area contributed by atoms with Crippen LogP contribution in [0.3, 0.4) is 0 Å². The molecular weight excluding hydrogens is 334 g/mol. The fraction of sp³-hybridized carbons (Fsp3) is 0.667. The Morgan fingerprint density at radius 3 is 2.58 bits per heavy atom. The molecule has 8 heteroatoms. The highest BCUT2D eigenvalue weighted by atomic mass is 16.2. The van der Waals surface area contributed by atoms with Crippen molar-refractivity contribution in [2.75, 3.05) is 7.05 Å². The van der Waals surface area contributed by atoms with Crippen LogP contribution in [0.1, 0.15) is 54.7 Å². The van der Waals surface area contributed by atoms with Crippen molar-refractivity contribution in [1.82, 2.24) is 25.7 Å². The van der Waals surface area contributed by atoms with E-state index in [2.05, 4.69) is 21.0 Å². The van der Waals surface area contributed by atoms with E-state index in [4.69, 9.17) is 0 Å². The normalized spacial score (nSPS) is 22.5. The molecule has 2 saturated carbocycles. The Bertz CT molecular complexity index is 695. The van der Waals surface area contributed by atoms with Crippen LogP contribution in [-0.2, 0) is 16.1 Å². The summed E-state index contributed by atoms with van der Waals surface area (Å²) < 4.78 is 1.51. The van der Waals surface area contributed by atoms with Crippen LogP contribution in [-0.4, -0.2) is 46.6 Å². The van der Waals surface area contributed by atoms with Gasteiger partial charge in [-0.1, -0.05) is 0 Å². The van der Waals surface area contributed by atoms with Crippen molar-refractivity contribution in [2.24, 2.45) is 5.92 Å². The van der Waals surface area contributed by atoms with Gasteiger partial charge in [0.15, 0.2) is 0 Å². The minimum Gasteiger partial charge on any atom is -0.358 e. The first-order chi connectivity index (χ1) is 12.5. The summed E-state index contributed by atoms with van der Waals surface area (Å²) in [7, 11) is 1.56. The molecular formula is C18H27N5O3. The average Bonchev–Trinajstić information content (AvgIpc) is 3.18. The van der Waals surface area contributed by atoms with Crippen molar-refractivity contribution in [3.05, 3.63) is 17.5 Å². The molecule has 0 bridgehead atoms. The highest BCUT2D eigenvalue weighted by Crippen LogP contribution is 2.27. The third-order valence-corrected chi connectivity index (χ3v) is 5.38. The summed E-state index contributed by atoms with van der Waals surface area (Å²) in [6.07, 6.45) is 5.62. The van der Waals surface area contributed by atoms with Gasteiger partial charge in [-0.25, -0.2) is 0 Å². The third-order valence-electron chi connectivity index (χ3n) is 5.38. The Kier molecular flexibility index (Phi) is 5.58. The highest BCUT2D eigenvalue weighted by Gasteiger charge is 2.33. The smallest absolute Gasteiger partial charge is 0.272 e. The quantitative estimate of drug-likeness (QED) is 0.686. The first-order valence-corrected chi connectivity index (χ1v) is 9.32. The minimum atomic E-state index is -0.256. The monoisotopic (exact) mass is 361 g/mol. The van der Waals surface area contributed by atoms with Crippen LogP contribution in [0.25, 0.3) is 0 Å². The SMILES string of the molecule is CNC(=O)Cn1nc(C(=O)N[C@@H]2CC[C@H](C(=O)NC3CCC3)C2)cc1C. The fourth-order valence-corrected chi connectivity index (χ4v) is 3.48. The molecule has 0 aliphatic heterocycles. The van der Waals surface area contributed by atoms with Crippen LogP contribution in [0, 0.1) is 12.8 Å². The van der Waals surface area contributed by atoms with E-state index in [1.54, 1.807) is 13.1 Å². The Labute approximate surface area is 153 Å². The number of hydrogen-bond acceptors (Lipinski definition) is 4. The van der Waals surface area contributed by atoms with Crippen LogP contribution in [0.5, 0.6) is 0 Å². The van der Waals surface area contributed by atoms with Crippen molar-refractivity contribution in [3.63, 3.8) is 0 Å². The largest absolute Gasteiger partial charge is 0.358 e. The molecule has 0 spiro atoms. The second-order valence-electron chi connectivity index (χ2n) is 7.32. The maximum Gasteiger partial charge on any atom is 0.272 e. The van der Waals surface area contributed by atoms with Crippen LogP contribution in [0.2, 0.25) is 0 Å². The zero-order chi connectivity index (χ0) is 18.7. The zero-order valence-electron chi connectivity index (χ0n) is 15.4. The number of carbonyl (C=O) groups is 3. The van der Waals surface area contributed by atoms with Gasteiger partial charge >= 0.3 is 0 Å². The van der Waals surface area contributed by atoms with Crippen LogP contribution >= 0.6 is 0 Å². The van der Waals surface area contributed by atoms with Gasteiger partial charge in [0.05, 0.1) is 0 Å². The first kappa shape index (κ1) is 18.4. The van der Waals surface area contributed by atoms with E-state index in [0.29, 0.717) is 18.2 Å². The van der Waals surface area contributed by atoms with Gasteiger partial charge in [0.25, 0.3) is 5.91 Å². The van der Waals surface area contributed by atoms with Crippen molar-refractivity contribution < 1.29 is 14.4 Å². The number of nitrogens with one attached hydrogen (secondary N) is 3. The molecule has 0 radical (unpaired) electrons. The molecule has 142 valence electrons. The lowest BCUT2D eigenvalue weighted by atomic mass is 9.92. The Hall–Kier alpha value is -2.38. The molecule has 2 aliphatic carbocycles. The molecule has 2 fully saturated rings. The van der Waals surface area contributed by atoms with Crippen LogP contribution < -0.4 is 16.0 Å². The van der Waals surface area contributed by atoms with Gasteiger partial charge in [-0.2, -0.15) is 5.10 Å². The second-order valence-corrected chi connectivity index (χ2v) is 7.32. The van der Waals surface area contributed by atoms with E-state index in [-0.39, 0.29) is 36.2 Å². The topological polar surface area (TPSA) is 105 Å². The van der Waals surface area contributed by atoms with Gasteiger partial charge in [-0.3, -0.25) is 19.1 Å². The number of amides is 3. The molecule has 0 unspecified atom stereocenters. The predicted octanol–water partition coefficient (Wildman–Crippen LogP) is 0.505. The lowest BCUT2D eigenvalue weighted by Gasteiger charge is -2.27. The third kappa shape index (κ3) is 4.23. The predicted molar refractivity (Wildman–Crippen MR) is 95.4 cm³/mol. The first-order valence-electron chi connectivity index (χ1n) is 9.32. The Morgan fingerprint density at radius 1 is 1.15 bits per heavy atom. The van der Waals surface area contributed by atoms with Gasteiger partial charge in [0.1, 0.15) is 12.2 Å². The molecule has 8 nitrogen and oxygen atoms in total.